The molecule has 2 aromatic heterocycles. The van der Waals surface area contributed by atoms with Crippen LogP contribution in [0.4, 0.5) is 5.69 Å². The van der Waals surface area contributed by atoms with Crippen molar-refractivity contribution in [1.82, 2.24) is 19.3 Å². The summed E-state index contributed by atoms with van der Waals surface area (Å²) in [4.78, 5) is 29.5. The maximum Gasteiger partial charge on any atom is 0.267 e. The predicted molar refractivity (Wildman–Crippen MR) is 130 cm³/mol. The molecule has 166 valence electrons. The molecule has 2 aromatic carbocycles. The van der Waals surface area contributed by atoms with Crippen molar-refractivity contribution in [3.05, 3.63) is 82.8 Å². The Kier molecular flexibility index (Phi) is 5.83. The Morgan fingerprint density at radius 1 is 1.00 bits per heavy atom. The number of aromatic nitrogens is 4. The highest BCUT2D eigenvalue weighted by Crippen LogP contribution is 2.29. The number of carbonyl (C=O) groups is 1. The minimum Gasteiger partial charge on any atom is -0.325 e. The molecule has 0 bridgehead atoms. The van der Waals surface area contributed by atoms with Gasteiger partial charge in [-0.05, 0) is 30.2 Å². The Morgan fingerprint density at radius 3 is 2.45 bits per heavy atom. The number of imidazole rings is 1. The van der Waals surface area contributed by atoms with E-state index >= 15 is 0 Å². The first-order valence-corrected chi connectivity index (χ1v) is 11.9. The van der Waals surface area contributed by atoms with Crippen LogP contribution in [0.1, 0.15) is 12.5 Å². The second-order valence-electron chi connectivity index (χ2n) is 7.84. The van der Waals surface area contributed by atoms with Gasteiger partial charge in [-0.15, -0.1) is 0 Å². The van der Waals surface area contributed by atoms with Crippen molar-refractivity contribution in [3.8, 4) is 22.5 Å². The van der Waals surface area contributed by atoms with Crippen LogP contribution in [0.15, 0.2) is 76.8 Å². The van der Waals surface area contributed by atoms with E-state index in [4.69, 9.17) is 0 Å². The number of carbonyl (C=O) groups excluding carboxylic acids is 1. The highest BCUT2D eigenvalue weighted by Gasteiger charge is 2.15. The van der Waals surface area contributed by atoms with Gasteiger partial charge in [-0.2, -0.15) is 5.10 Å². The summed E-state index contributed by atoms with van der Waals surface area (Å²) in [5.41, 5.74) is 5.04. The summed E-state index contributed by atoms with van der Waals surface area (Å²) in [7, 11) is 0. The van der Waals surface area contributed by atoms with Gasteiger partial charge >= 0.3 is 0 Å². The number of benzene rings is 2. The fourth-order valence-corrected chi connectivity index (χ4v) is 4.68. The number of thioether (sulfide) groups is 1. The molecule has 0 unspecified atom stereocenters. The molecule has 33 heavy (non-hydrogen) atoms. The Balaban J connectivity index is 1.27. The maximum absolute atomic E-state index is 12.6. The first-order valence-electron chi connectivity index (χ1n) is 10.9. The molecule has 0 fully saturated rings. The van der Waals surface area contributed by atoms with E-state index in [1.165, 1.54) is 16.3 Å². The molecule has 1 aliphatic rings. The van der Waals surface area contributed by atoms with Gasteiger partial charge in [0.1, 0.15) is 6.54 Å². The summed E-state index contributed by atoms with van der Waals surface area (Å²) in [6, 6.07) is 18.7. The van der Waals surface area contributed by atoms with Gasteiger partial charge in [-0.1, -0.05) is 55.1 Å². The molecule has 1 N–H and O–H groups in total. The van der Waals surface area contributed by atoms with Crippen molar-refractivity contribution in [2.24, 2.45) is 0 Å². The lowest BCUT2D eigenvalue weighted by molar-refractivity contribution is -0.117. The van der Waals surface area contributed by atoms with E-state index in [1.54, 1.807) is 17.8 Å². The lowest BCUT2D eigenvalue weighted by atomic mass is 10.1. The largest absolute Gasteiger partial charge is 0.325 e. The molecule has 0 aliphatic carbocycles. The number of hydrogen-bond acceptors (Lipinski definition) is 5. The zero-order valence-electron chi connectivity index (χ0n) is 18.2. The summed E-state index contributed by atoms with van der Waals surface area (Å²) in [5, 5.41) is 8.27. The van der Waals surface area contributed by atoms with Crippen LogP contribution in [0.2, 0.25) is 0 Å². The minimum atomic E-state index is -0.319. The summed E-state index contributed by atoms with van der Waals surface area (Å²) in [6.07, 6.45) is 3.02. The zero-order valence-corrected chi connectivity index (χ0v) is 19.0. The quantitative estimate of drug-likeness (QED) is 0.472. The first kappa shape index (κ1) is 21.2. The molecule has 5 rings (SSSR count). The van der Waals surface area contributed by atoms with Gasteiger partial charge in [-0.25, -0.2) is 9.67 Å². The van der Waals surface area contributed by atoms with Crippen molar-refractivity contribution in [2.75, 3.05) is 11.1 Å². The number of nitrogens with zero attached hydrogens (tertiary/aromatic N) is 4. The molecule has 4 aromatic rings. The van der Waals surface area contributed by atoms with Gasteiger partial charge in [0.25, 0.3) is 5.56 Å². The van der Waals surface area contributed by atoms with Crippen LogP contribution in [-0.4, -0.2) is 31.0 Å². The van der Waals surface area contributed by atoms with Crippen LogP contribution in [0.25, 0.3) is 22.5 Å². The standard InChI is InChI=1S/C25H23N5O2S/c1-2-17-3-5-18(6-4-17)21-11-12-24(32)30(28-21)16-23(31)26-20-9-7-19(8-10-20)22-15-29-13-14-33-25(29)27-22/h3-12,15H,2,13-14,16H2,1H3,(H,26,31). The average Bonchev–Trinajstić information content (AvgIpc) is 3.44. The molecule has 7 nitrogen and oxygen atoms in total. The summed E-state index contributed by atoms with van der Waals surface area (Å²) >= 11 is 1.76. The molecule has 0 spiro atoms. The molecule has 1 amide bonds. The lowest BCUT2D eigenvalue weighted by Crippen LogP contribution is -2.29. The summed E-state index contributed by atoms with van der Waals surface area (Å²) in [5.74, 6) is 0.757. The van der Waals surface area contributed by atoms with Crippen molar-refractivity contribution >= 4 is 23.4 Å². The number of amides is 1. The van der Waals surface area contributed by atoms with E-state index in [-0.39, 0.29) is 18.0 Å². The van der Waals surface area contributed by atoms with Crippen LogP contribution in [0, 0.1) is 0 Å². The van der Waals surface area contributed by atoms with Gasteiger partial charge in [0, 0.05) is 41.4 Å². The van der Waals surface area contributed by atoms with Crippen molar-refractivity contribution in [1.29, 1.82) is 0 Å². The number of nitrogens with one attached hydrogen (secondary N) is 1. The van der Waals surface area contributed by atoms with Gasteiger partial charge in [0.2, 0.25) is 5.91 Å². The molecule has 0 saturated carbocycles. The third-order valence-electron chi connectivity index (χ3n) is 5.59. The first-order chi connectivity index (χ1) is 16.1. The second-order valence-corrected chi connectivity index (χ2v) is 8.90. The normalized spacial score (nSPS) is 12.5. The summed E-state index contributed by atoms with van der Waals surface area (Å²) < 4.78 is 3.35. The zero-order chi connectivity index (χ0) is 22.8. The van der Waals surface area contributed by atoms with Gasteiger partial charge in [0.15, 0.2) is 5.16 Å². The predicted octanol–water partition coefficient (Wildman–Crippen LogP) is 4.08. The fraction of sp³-hybridized carbons (Fsp3) is 0.200. The van der Waals surface area contributed by atoms with Crippen molar-refractivity contribution in [3.63, 3.8) is 0 Å². The third kappa shape index (κ3) is 4.61. The molecule has 1 aliphatic heterocycles. The van der Waals surface area contributed by atoms with E-state index in [2.05, 4.69) is 33.1 Å². The average molecular weight is 458 g/mol. The van der Waals surface area contributed by atoms with Crippen LogP contribution in [-0.2, 0) is 24.3 Å². The SMILES string of the molecule is CCc1ccc(-c2ccc(=O)n(CC(=O)Nc3ccc(-c4cn5c(n4)SCC5)cc3)n2)cc1. The Morgan fingerprint density at radius 2 is 1.73 bits per heavy atom. The number of anilines is 1. The Labute approximate surface area is 195 Å². The van der Waals surface area contributed by atoms with Gasteiger partial charge in [-0.3, -0.25) is 9.59 Å². The number of fused-ring (bicyclic) bond motifs is 1. The molecule has 0 radical (unpaired) electrons. The number of rotatable bonds is 6. The van der Waals surface area contributed by atoms with Crippen LogP contribution < -0.4 is 10.9 Å². The van der Waals surface area contributed by atoms with Gasteiger partial charge < -0.3 is 9.88 Å². The maximum atomic E-state index is 12.6. The molecular weight excluding hydrogens is 434 g/mol. The number of aryl methyl sites for hydroxylation is 2. The van der Waals surface area contributed by atoms with E-state index in [9.17, 15) is 9.59 Å². The van der Waals surface area contributed by atoms with Crippen LogP contribution >= 0.6 is 11.8 Å². The van der Waals surface area contributed by atoms with Crippen LogP contribution in [0.5, 0.6) is 0 Å². The highest BCUT2D eigenvalue weighted by molar-refractivity contribution is 7.99. The summed E-state index contributed by atoms with van der Waals surface area (Å²) in [6.45, 7) is 2.92. The van der Waals surface area contributed by atoms with Crippen molar-refractivity contribution < 1.29 is 4.79 Å². The Bertz CT molecular complexity index is 1340. The van der Waals surface area contributed by atoms with E-state index in [1.807, 2.05) is 48.5 Å². The van der Waals surface area contributed by atoms with Crippen molar-refractivity contribution in [2.45, 2.75) is 31.6 Å². The van der Waals surface area contributed by atoms with E-state index in [0.717, 1.165) is 40.7 Å². The smallest absolute Gasteiger partial charge is 0.267 e. The Hall–Kier alpha value is -3.65. The topological polar surface area (TPSA) is 81.8 Å². The third-order valence-corrected chi connectivity index (χ3v) is 6.56. The second kappa shape index (κ2) is 9.07. The molecule has 8 heteroatoms. The molecule has 0 saturated heterocycles. The van der Waals surface area contributed by atoms with Crippen LogP contribution in [0.3, 0.4) is 0 Å². The molecular formula is C25H23N5O2S. The van der Waals surface area contributed by atoms with Gasteiger partial charge in [0.05, 0.1) is 11.4 Å². The van der Waals surface area contributed by atoms with E-state index in [0.29, 0.717) is 11.4 Å². The highest BCUT2D eigenvalue weighted by atomic mass is 32.2. The number of hydrogen-bond donors (Lipinski definition) is 1. The minimum absolute atomic E-state index is 0.160. The lowest BCUT2D eigenvalue weighted by Gasteiger charge is -2.09. The van der Waals surface area contributed by atoms with E-state index < -0.39 is 0 Å². The molecule has 0 atom stereocenters. The fourth-order valence-electron chi connectivity index (χ4n) is 3.74. The molecule has 3 heterocycles. The monoisotopic (exact) mass is 457 g/mol.